The summed E-state index contributed by atoms with van der Waals surface area (Å²) in [4.78, 5) is 0. The van der Waals surface area contributed by atoms with Crippen molar-refractivity contribution in [3.8, 4) is 0 Å². The molecular weight excluding hydrogens is 214 g/mol. The van der Waals surface area contributed by atoms with Crippen LogP contribution in [0.3, 0.4) is 0 Å². The van der Waals surface area contributed by atoms with Crippen LogP contribution < -0.4 is 5.73 Å². The third kappa shape index (κ3) is 2.91. The molecule has 2 aromatic rings. The normalized spacial score (nSPS) is 10.8. The molecule has 0 atom stereocenters. The summed E-state index contributed by atoms with van der Waals surface area (Å²) >= 11 is 0. The van der Waals surface area contributed by atoms with E-state index in [2.05, 4.69) is 42.2 Å². The Morgan fingerprint density at radius 1 is 1.18 bits per heavy atom. The van der Waals surface area contributed by atoms with Gasteiger partial charge >= 0.3 is 0 Å². The SMILES string of the molecule is Cc1ccc(Cc2nnc(CCN)o2)c(C)c1. The fourth-order valence-electron chi connectivity index (χ4n) is 1.79. The maximum atomic E-state index is 5.51. The topological polar surface area (TPSA) is 64.9 Å². The maximum absolute atomic E-state index is 5.51. The lowest BCUT2D eigenvalue weighted by atomic mass is 10.0. The lowest BCUT2D eigenvalue weighted by Crippen LogP contribution is -2.02. The van der Waals surface area contributed by atoms with Crippen LogP contribution in [0.15, 0.2) is 22.6 Å². The second-order valence-corrected chi connectivity index (χ2v) is 4.23. The number of aromatic nitrogens is 2. The van der Waals surface area contributed by atoms with Crippen LogP contribution in [0, 0.1) is 13.8 Å². The van der Waals surface area contributed by atoms with E-state index < -0.39 is 0 Å². The van der Waals surface area contributed by atoms with E-state index in [0.29, 0.717) is 31.2 Å². The Kier molecular flexibility index (Phi) is 3.54. The van der Waals surface area contributed by atoms with E-state index in [4.69, 9.17) is 10.2 Å². The molecule has 4 nitrogen and oxygen atoms in total. The molecule has 90 valence electrons. The summed E-state index contributed by atoms with van der Waals surface area (Å²) in [6, 6.07) is 6.36. The van der Waals surface area contributed by atoms with Crippen LogP contribution in [0.5, 0.6) is 0 Å². The minimum Gasteiger partial charge on any atom is -0.425 e. The van der Waals surface area contributed by atoms with Crippen molar-refractivity contribution in [1.82, 2.24) is 10.2 Å². The van der Waals surface area contributed by atoms with Crippen LogP contribution in [-0.2, 0) is 12.8 Å². The lowest BCUT2D eigenvalue weighted by Gasteiger charge is -2.03. The molecule has 0 aliphatic rings. The molecule has 0 fully saturated rings. The molecule has 0 aliphatic heterocycles. The molecule has 1 heterocycles. The number of nitrogens with two attached hydrogens (primary N) is 1. The van der Waals surface area contributed by atoms with Gasteiger partial charge in [0.05, 0.1) is 6.42 Å². The maximum Gasteiger partial charge on any atom is 0.220 e. The average molecular weight is 231 g/mol. The molecule has 1 aromatic carbocycles. The first-order valence-electron chi connectivity index (χ1n) is 5.76. The van der Waals surface area contributed by atoms with E-state index in [1.54, 1.807) is 0 Å². The summed E-state index contributed by atoms with van der Waals surface area (Å²) in [6.07, 6.45) is 1.32. The summed E-state index contributed by atoms with van der Waals surface area (Å²) in [5, 5.41) is 7.97. The molecule has 2 N–H and O–H groups in total. The highest BCUT2D eigenvalue weighted by atomic mass is 16.4. The number of aryl methyl sites for hydroxylation is 2. The van der Waals surface area contributed by atoms with Gasteiger partial charge in [0.15, 0.2) is 0 Å². The lowest BCUT2D eigenvalue weighted by molar-refractivity contribution is 0.458. The van der Waals surface area contributed by atoms with Gasteiger partial charge in [-0.3, -0.25) is 0 Å². The average Bonchev–Trinajstić information content (AvgIpc) is 2.71. The van der Waals surface area contributed by atoms with Crippen LogP contribution in [-0.4, -0.2) is 16.7 Å². The zero-order valence-electron chi connectivity index (χ0n) is 10.2. The molecule has 2 rings (SSSR count). The Bertz CT molecular complexity index is 505. The van der Waals surface area contributed by atoms with Gasteiger partial charge in [0, 0.05) is 13.0 Å². The van der Waals surface area contributed by atoms with Crippen LogP contribution in [0.1, 0.15) is 28.5 Å². The molecule has 0 radical (unpaired) electrons. The van der Waals surface area contributed by atoms with E-state index in [0.717, 1.165) is 0 Å². The predicted octanol–water partition coefficient (Wildman–Crippen LogP) is 1.78. The molecule has 0 bridgehead atoms. The zero-order chi connectivity index (χ0) is 12.3. The van der Waals surface area contributed by atoms with Crippen molar-refractivity contribution in [3.63, 3.8) is 0 Å². The highest BCUT2D eigenvalue weighted by Crippen LogP contribution is 2.14. The van der Waals surface area contributed by atoms with Crippen molar-refractivity contribution in [2.45, 2.75) is 26.7 Å². The summed E-state index contributed by atoms with van der Waals surface area (Å²) in [6.45, 7) is 4.72. The fourth-order valence-corrected chi connectivity index (χ4v) is 1.79. The monoisotopic (exact) mass is 231 g/mol. The van der Waals surface area contributed by atoms with E-state index in [1.807, 2.05) is 0 Å². The van der Waals surface area contributed by atoms with Crippen molar-refractivity contribution in [3.05, 3.63) is 46.7 Å². The van der Waals surface area contributed by atoms with Gasteiger partial charge in [0.1, 0.15) is 0 Å². The quantitative estimate of drug-likeness (QED) is 0.871. The minimum atomic E-state index is 0.533. The van der Waals surface area contributed by atoms with E-state index >= 15 is 0 Å². The predicted molar refractivity (Wildman–Crippen MR) is 65.8 cm³/mol. The third-order valence-electron chi connectivity index (χ3n) is 2.71. The number of hydrogen-bond acceptors (Lipinski definition) is 4. The van der Waals surface area contributed by atoms with E-state index in [1.165, 1.54) is 16.7 Å². The summed E-state index contributed by atoms with van der Waals surface area (Å²) in [5.74, 6) is 1.27. The second kappa shape index (κ2) is 5.10. The first-order chi connectivity index (χ1) is 8.19. The van der Waals surface area contributed by atoms with Gasteiger partial charge in [-0.05, 0) is 25.0 Å². The Hall–Kier alpha value is -1.68. The van der Waals surface area contributed by atoms with E-state index in [9.17, 15) is 0 Å². The first-order valence-corrected chi connectivity index (χ1v) is 5.76. The van der Waals surface area contributed by atoms with Crippen molar-refractivity contribution in [2.24, 2.45) is 5.73 Å². The van der Waals surface area contributed by atoms with Gasteiger partial charge in [-0.2, -0.15) is 0 Å². The number of rotatable bonds is 4. The highest BCUT2D eigenvalue weighted by Gasteiger charge is 2.07. The van der Waals surface area contributed by atoms with Gasteiger partial charge in [0.2, 0.25) is 11.8 Å². The van der Waals surface area contributed by atoms with E-state index in [-0.39, 0.29) is 0 Å². The van der Waals surface area contributed by atoms with Gasteiger partial charge in [-0.1, -0.05) is 23.8 Å². The van der Waals surface area contributed by atoms with Crippen LogP contribution in [0.2, 0.25) is 0 Å². The summed E-state index contributed by atoms with van der Waals surface area (Å²) < 4.78 is 5.51. The summed E-state index contributed by atoms with van der Waals surface area (Å²) in [5.41, 5.74) is 9.17. The number of nitrogens with zero attached hydrogens (tertiary/aromatic N) is 2. The molecule has 0 amide bonds. The van der Waals surface area contributed by atoms with Gasteiger partial charge in [0.25, 0.3) is 0 Å². The molecule has 17 heavy (non-hydrogen) atoms. The van der Waals surface area contributed by atoms with Crippen molar-refractivity contribution in [1.29, 1.82) is 0 Å². The Morgan fingerprint density at radius 3 is 2.65 bits per heavy atom. The molecule has 0 saturated heterocycles. The molecule has 0 unspecified atom stereocenters. The molecule has 0 aliphatic carbocycles. The van der Waals surface area contributed by atoms with Crippen molar-refractivity contribution < 1.29 is 4.42 Å². The molecule has 0 spiro atoms. The Labute approximate surface area is 101 Å². The second-order valence-electron chi connectivity index (χ2n) is 4.23. The van der Waals surface area contributed by atoms with Crippen molar-refractivity contribution >= 4 is 0 Å². The van der Waals surface area contributed by atoms with Gasteiger partial charge in [-0.25, -0.2) is 0 Å². The fraction of sp³-hybridized carbons (Fsp3) is 0.385. The molecule has 1 aromatic heterocycles. The third-order valence-corrected chi connectivity index (χ3v) is 2.71. The minimum absolute atomic E-state index is 0.533. The zero-order valence-corrected chi connectivity index (χ0v) is 10.2. The highest BCUT2D eigenvalue weighted by molar-refractivity contribution is 5.31. The molecule has 4 heteroatoms. The van der Waals surface area contributed by atoms with Gasteiger partial charge < -0.3 is 10.2 Å². The molecule has 0 saturated carbocycles. The van der Waals surface area contributed by atoms with Crippen LogP contribution >= 0.6 is 0 Å². The van der Waals surface area contributed by atoms with Crippen LogP contribution in [0.4, 0.5) is 0 Å². The smallest absolute Gasteiger partial charge is 0.220 e. The largest absolute Gasteiger partial charge is 0.425 e. The van der Waals surface area contributed by atoms with Crippen LogP contribution in [0.25, 0.3) is 0 Å². The molecular formula is C13H17N3O. The standard InChI is InChI=1S/C13H17N3O/c1-9-3-4-11(10(2)7-9)8-13-16-15-12(17-13)5-6-14/h3-4,7H,5-6,8,14H2,1-2H3. The van der Waals surface area contributed by atoms with Crippen molar-refractivity contribution in [2.75, 3.05) is 6.54 Å². The first kappa shape index (κ1) is 11.8. The Balaban J connectivity index is 2.13. The van der Waals surface area contributed by atoms with Gasteiger partial charge in [-0.15, -0.1) is 10.2 Å². The number of benzene rings is 1. The number of hydrogen-bond donors (Lipinski definition) is 1. The summed E-state index contributed by atoms with van der Waals surface area (Å²) in [7, 11) is 0. The Morgan fingerprint density at radius 2 is 1.94 bits per heavy atom.